The number of ether oxygens (including phenoxy) is 1. The number of carbonyl (C=O) groups excluding carboxylic acids is 2. The van der Waals surface area contributed by atoms with Crippen molar-refractivity contribution < 1.29 is 22.7 Å². The monoisotopic (exact) mass is 407 g/mol. The van der Waals surface area contributed by atoms with Crippen LogP contribution in [-0.2, 0) is 24.3 Å². The number of esters is 1. The van der Waals surface area contributed by atoms with Gasteiger partial charge in [-0.3, -0.25) is 9.59 Å². The predicted octanol–water partition coefficient (Wildman–Crippen LogP) is 0.345. The van der Waals surface area contributed by atoms with Crippen LogP contribution in [0.2, 0.25) is 0 Å². The third-order valence-electron chi connectivity index (χ3n) is 3.52. The first-order chi connectivity index (χ1) is 13.2. The minimum Gasteiger partial charge on any atom is -0.454 e. The van der Waals surface area contributed by atoms with Crippen LogP contribution in [0.5, 0.6) is 0 Å². The van der Waals surface area contributed by atoms with Crippen molar-refractivity contribution in [2.24, 2.45) is 0 Å². The van der Waals surface area contributed by atoms with Crippen LogP contribution in [0.1, 0.15) is 0 Å². The lowest BCUT2D eigenvalue weighted by atomic mass is 10.3. The summed E-state index contributed by atoms with van der Waals surface area (Å²) in [4.78, 5) is 33.4. The predicted molar refractivity (Wildman–Crippen MR) is 102 cm³/mol. The number of hydrogen-bond donors (Lipinski definition) is 1. The molecule has 0 radical (unpaired) electrons. The molecule has 1 aromatic carbocycles. The van der Waals surface area contributed by atoms with Crippen LogP contribution in [-0.4, -0.2) is 68.9 Å². The minimum absolute atomic E-state index is 0.0387. The van der Waals surface area contributed by atoms with E-state index in [2.05, 4.69) is 15.3 Å². The van der Waals surface area contributed by atoms with Gasteiger partial charge in [0.1, 0.15) is 6.54 Å². The SMILES string of the molecule is CN(CC(=O)OCC(=O)Nc1cccc(S(=O)(=O)N(C)C)c1)c1ncccn1. The summed E-state index contributed by atoms with van der Waals surface area (Å²) in [5.41, 5.74) is 0.277. The van der Waals surface area contributed by atoms with Crippen molar-refractivity contribution in [3.8, 4) is 0 Å². The number of nitrogens with zero attached hydrogens (tertiary/aromatic N) is 4. The summed E-state index contributed by atoms with van der Waals surface area (Å²) in [7, 11) is 0.825. The van der Waals surface area contributed by atoms with E-state index in [1.165, 1.54) is 43.3 Å². The molecule has 11 heteroatoms. The van der Waals surface area contributed by atoms with Crippen molar-refractivity contribution in [3.05, 3.63) is 42.7 Å². The van der Waals surface area contributed by atoms with Gasteiger partial charge in [0.05, 0.1) is 4.90 Å². The fraction of sp³-hybridized carbons (Fsp3) is 0.294. The molecule has 1 aromatic heterocycles. The van der Waals surface area contributed by atoms with Crippen molar-refractivity contribution in [1.82, 2.24) is 14.3 Å². The Morgan fingerprint density at radius 3 is 2.43 bits per heavy atom. The van der Waals surface area contributed by atoms with Crippen molar-refractivity contribution in [2.45, 2.75) is 4.90 Å². The largest absolute Gasteiger partial charge is 0.454 e. The topological polar surface area (TPSA) is 122 Å². The molecule has 0 saturated carbocycles. The molecular formula is C17H21N5O5S. The number of nitrogens with one attached hydrogen (secondary N) is 1. The van der Waals surface area contributed by atoms with Gasteiger partial charge >= 0.3 is 5.97 Å². The standard InChI is InChI=1S/C17H21N5O5S/c1-21(2)28(25,26)14-7-4-6-13(10-14)20-15(23)12-27-16(24)11-22(3)17-18-8-5-9-19-17/h4-10H,11-12H2,1-3H3,(H,20,23). The lowest BCUT2D eigenvalue weighted by Gasteiger charge is -2.15. The minimum atomic E-state index is -3.62. The van der Waals surface area contributed by atoms with E-state index in [9.17, 15) is 18.0 Å². The van der Waals surface area contributed by atoms with Crippen molar-refractivity contribution >= 4 is 33.5 Å². The highest BCUT2D eigenvalue weighted by molar-refractivity contribution is 7.89. The van der Waals surface area contributed by atoms with E-state index < -0.39 is 28.5 Å². The van der Waals surface area contributed by atoms with E-state index in [0.29, 0.717) is 5.95 Å². The molecule has 1 amide bonds. The van der Waals surface area contributed by atoms with Gasteiger partial charge in [0, 0.05) is 39.2 Å². The molecule has 2 aromatic rings. The van der Waals surface area contributed by atoms with Gasteiger partial charge in [-0.25, -0.2) is 22.7 Å². The number of likely N-dealkylation sites (N-methyl/N-ethyl adjacent to an activating group) is 1. The number of anilines is 2. The first kappa shape index (κ1) is 21.3. The van der Waals surface area contributed by atoms with E-state index in [0.717, 1.165) is 4.31 Å². The molecule has 0 fully saturated rings. The Labute approximate surface area is 163 Å². The fourth-order valence-electron chi connectivity index (χ4n) is 2.09. The number of amides is 1. The van der Waals surface area contributed by atoms with Crippen LogP contribution in [0.3, 0.4) is 0 Å². The molecule has 1 N–H and O–H groups in total. The van der Waals surface area contributed by atoms with Crippen LogP contribution in [0.4, 0.5) is 11.6 Å². The van der Waals surface area contributed by atoms with E-state index in [-0.39, 0.29) is 17.1 Å². The van der Waals surface area contributed by atoms with Gasteiger partial charge in [0.2, 0.25) is 16.0 Å². The summed E-state index contributed by atoms with van der Waals surface area (Å²) in [6.07, 6.45) is 3.09. The summed E-state index contributed by atoms with van der Waals surface area (Å²) in [6.45, 7) is -0.638. The second-order valence-electron chi connectivity index (χ2n) is 5.93. The Morgan fingerprint density at radius 2 is 1.79 bits per heavy atom. The third kappa shape index (κ3) is 5.72. The zero-order valence-electron chi connectivity index (χ0n) is 15.7. The maximum absolute atomic E-state index is 12.1. The highest BCUT2D eigenvalue weighted by Gasteiger charge is 2.18. The molecular weight excluding hydrogens is 386 g/mol. The Bertz CT molecular complexity index is 934. The van der Waals surface area contributed by atoms with Gasteiger partial charge < -0.3 is 15.0 Å². The summed E-state index contributed by atoms with van der Waals surface area (Å²) >= 11 is 0. The van der Waals surface area contributed by atoms with Crippen LogP contribution in [0, 0.1) is 0 Å². The Hall–Kier alpha value is -3.05. The van der Waals surface area contributed by atoms with Gasteiger partial charge in [0.25, 0.3) is 5.91 Å². The smallest absolute Gasteiger partial charge is 0.326 e. The quantitative estimate of drug-likeness (QED) is 0.622. The second-order valence-corrected chi connectivity index (χ2v) is 8.08. The lowest BCUT2D eigenvalue weighted by molar-refractivity contribution is -0.145. The second kappa shape index (κ2) is 9.24. The first-order valence-electron chi connectivity index (χ1n) is 8.16. The zero-order valence-corrected chi connectivity index (χ0v) is 16.5. The van der Waals surface area contributed by atoms with Gasteiger partial charge in [-0.2, -0.15) is 0 Å². The fourth-order valence-corrected chi connectivity index (χ4v) is 3.03. The number of sulfonamides is 1. The number of benzene rings is 1. The lowest BCUT2D eigenvalue weighted by Crippen LogP contribution is -2.30. The van der Waals surface area contributed by atoms with Crippen LogP contribution < -0.4 is 10.2 Å². The first-order valence-corrected chi connectivity index (χ1v) is 9.60. The average Bonchev–Trinajstić information content (AvgIpc) is 2.67. The van der Waals surface area contributed by atoms with Gasteiger partial charge in [0.15, 0.2) is 6.61 Å². The molecule has 0 aliphatic rings. The highest BCUT2D eigenvalue weighted by atomic mass is 32.2. The van der Waals surface area contributed by atoms with E-state index in [1.807, 2.05) is 0 Å². The van der Waals surface area contributed by atoms with Crippen LogP contribution in [0.15, 0.2) is 47.6 Å². The molecule has 0 atom stereocenters. The van der Waals surface area contributed by atoms with E-state index in [4.69, 9.17) is 4.74 Å². The number of rotatable bonds is 8. The molecule has 0 saturated heterocycles. The maximum atomic E-state index is 12.1. The Balaban J connectivity index is 1.88. The van der Waals surface area contributed by atoms with E-state index in [1.54, 1.807) is 25.5 Å². The molecule has 0 spiro atoms. The summed E-state index contributed by atoms with van der Waals surface area (Å²) in [5, 5.41) is 2.50. The highest BCUT2D eigenvalue weighted by Crippen LogP contribution is 2.17. The molecule has 2 rings (SSSR count). The average molecular weight is 407 g/mol. The Morgan fingerprint density at radius 1 is 1.11 bits per heavy atom. The van der Waals surface area contributed by atoms with Gasteiger partial charge in [-0.1, -0.05) is 6.07 Å². The molecule has 0 unspecified atom stereocenters. The van der Waals surface area contributed by atoms with Crippen LogP contribution >= 0.6 is 0 Å². The molecule has 28 heavy (non-hydrogen) atoms. The van der Waals surface area contributed by atoms with Crippen molar-refractivity contribution in [3.63, 3.8) is 0 Å². The molecule has 150 valence electrons. The van der Waals surface area contributed by atoms with Gasteiger partial charge in [-0.05, 0) is 24.3 Å². The van der Waals surface area contributed by atoms with Crippen molar-refractivity contribution in [1.29, 1.82) is 0 Å². The molecule has 0 bridgehead atoms. The molecule has 1 heterocycles. The molecule has 0 aliphatic heterocycles. The van der Waals surface area contributed by atoms with Crippen LogP contribution in [0.25, 0.3) is 0 Å². The van der Waals surface area contributed by atoms with Gasteiger partial charge in [-0.15, -0.1) is 0 Å². The summed E-state index contributed by atoms with van der Waals surface area (Å²) < 4.78 is 30.3. The normalized spacial score (nSPS) is 11.1. The Kier molecular flexibility index (Phi) is 7.01. The summed E-state index contributed by atoms with van der Waals surface area (Å²) in [5.74, 6) is -0.872. The summed E-state index contributed by atoms with van der Waals surface area (Å²) in [6, 6.07) is 7.45. The van der Waals surface area contributed by atoms with Crippen molar-refractivity contribution in [2.75, 3.05) is 44.5 Å². The molecule has 0 aliphatic carbocycles. The number of aromatic nitrogens is 2. The third-order valence-corrected chi connectivity index (χ3v) is 5.33. The zero-order chi connectivity index (χ0) is 20.7. The van der Waals surface area contributed by atoms with E-state index >= 15 is 0 Å². The number of carbonyl (C=O) groups is 2. The molecule has 10 nitrogen and oxygen atoms in total. The number of hydrogen-bond acceptors (Lipinski definition) is 8. The maximum Gasteiger partial charge on any atom is 0.326 e.